The van der Waals surface area contributed by atoms with Crippen molar-refractivity contribution in [1.82, 2.24) is 4.72 Å². The smallest absolute Gasteiger partial charge is 0.240 e. The Morgan fingerprint density at radius 2 is 1.93 bits per heavy atom. The lowest BCUT2D eigenvalue weighted by molar-refractivity contribution is 0.0943. The van der Waals surface area contributed by atoms with Gasteiger partial charge in [-0.25, -0.2) is 13.1 Å². The molecule has 0 aromatic heterocycles. The highest BCUT2D eigenvalue weighted by atomic mass is 32.2. The second-order valence-corrected chi connectivity index (χ2v) is 8.60. The van der Waals surface area contributed by atoms with Gasteiger partial charge in [0.05, 0.1) is 18.6 Å². The molecule has 6 nitrogen and oxygen atoms in total. The van der Waals surface area contributed by atoms with Gasteiger partial charge in [-0.3, -0.25) is 0 Å². The van der Waals surface area contributed by atoms with Crippen molar-refractivity contribution in [2.45, 2.75) is 37.7 Å². The van der Waals surface area contributed by atoms with Crippen molar-refractivity contribution < 1.29 is 22.6 Å². The minimum Gasteiger partial charge on any atom is -0.496 e. The van der Waals surface area contributed by atoms with Crippen LogP contribution in [0.25, 0.3) is 0 Å². The van der Waals surface area contributed by atoms with Gasteiger partial charge in [0, 0.05) is 0 Å². The first-order valence-corrected chi connectivity index (χ1v) is 10.4. The number of aryl methyl sites for hydroxylation is 1. The van der Waals surface area contributed by atoms with Gasteiger partial charge in [-0.1, -0.05) is 26.0 Å². The number of nitrogens with one attached hydrogen (secondary N) is 1. The number of rotatable bonds is 6. The van der Waals surface area contributed by atoms with Crippen LogP contribution in [0, 0.1) is 6.92 Å². The van der Waals surface area contributed by atoms with Crippen LogP contribution in [0.4, 0.5) is 0 Å². The van der Waals surface area contributed by atoms with E-state index in [9.17, 15) is 8.42 Å². The number of ether oxygens (including phenoxy) is 3. The Balaban J connectivity index is 1.77. The summed E-state index contributed by atoms with van der Waals surface area (Å²) in [6.45, 7) is 6.18. The Hall–Kier alpha value is -2.25. The summed E-state index contributed by atoms with van der Waals surface area (Å²) < 4.78 is 45.2. The van der Waals surface area contributed by atoms with Crippen LogP contribution in [0.2, 0.25) is 0 Å². The average molecular weight is 391 g/mol. The maximum absolute atomic E-state index is 12.9. The monoisotopic (exact) mass is 391 g/mol. The third-order valence-electron chi connectivity index (χ3n) is 4.51. The molecule has 2 aromatic carbocycles. The van der Waals surface area contributed by atoms with Gasteiger partial charge < -0.3 is 14.2 Å². The SMILES string of the molecule is COc1cc(C)c(S(=O)(=O)NCC2COc3ccccc3O2)cc1C(C)C. The summed E-state index contributed by atoms with van der Waals surface area (Å²) in [5, 5.41) is 0. The number of methoxy groups -OCH3 is 1. The van der Waals surface area contributed by atoms with Gasteiger partial charge in [-0.2, -0.15) is 0 Å². The first-order valence-electron chi connectivity index (χ1n) is 8.88. The van der Waals surface area contributed by atoms with Crippen LogP contribution in [0.1, 0.15) is 30.9 Å². The zero-order chi connectivity index (χ0) is 19.6. The van der Waals surface area contributed by atoms with E-state index in [1.165, 1.54) is 0 Å². The summed E-state index contributed by atoms with van der Waals surface area (Å²) in [6, 6.07) is 10.8. The summed E-state index contributed by atoms with van der Waals surface area (Å²) in [6.07, 6.45) is -0.391. The van der Waals surface area contributed by atoms with E-state index in [-0.39, 0.29) is 17.4 Å². The van der Waals surface area contributed by atoms with Crippen molar-refractivity contribution >= 4 is 10.0 Å². The Bertz CT molecular complexity index is 924. The first kappa shape index (κ1) is 19.5. The van der Waals surface area contributed by atoms with E-state index >= 15 is 0 Å². The summed E-state index contributed by atoms with van der Waals surface area (Å²) in [5.74, 6) is 2.13. The van der Waals surface area contributed by atoms with Gasteiger partial charge in [-0.15, -0.1) is 0 Å². The molecule has 27 heavy (non-hydrogen) atoms. The van der Waals surface area contributed by atoms with Gasteiger partial charge in [-0.05, 0) is 48.2 Å². The van der Waals surface area contributed by atoms with Gasteiger partial charge in [0.15, 0.2) is 11.5 Å². The van der Waals surface area contributed by atoms with Crippen LogP contribution in [-0.2, 0) is 10.0 Å². The van der Waals surface area contributed by atoms with Crippen LogP contribution in [0.15, 0.2) is 41.3 Å². The molecule has 0 fully saturated rings. The lowest BCUT2D eigenvalue weighted by Gasteiger charge is -2.26. The molecule has 0 saturated carbocycles. The molecule has 3 rings (SSSR count). The molecule has 1 heterocycles. The largest absolute Gasteiger partial charge is 0.496 e. The topological polar surface area (TPSA) is 73.9 Å². The lowest BCUT2D eigenvalue weighted by atomic mass is 10.0. The maximum atomic E-state index is 12.9. The molecular weight excluding hydrogens is 366 g/mol. The third-order valence-corrected chi connectivity index (χ3v) is 6.07. The van der Waals surface area contributed by atoms with E-state index in [4.69, 9.17) is 14.2 Å². The third kappa shape index (κ3) is 4.20. The molecule has 1 aliphatic heterocycles. The van der Waals surface area contributed by atoms with E-state index in [0.29, 0.717) is 29.4 Å². The fraction of sp³-hybridized carbons (Fsp3) is 0.400. The van der Waals surface area contributed by atoms with Gasteiger partial charge in [0.2, 0.25) is 10.0 Å². The highest BCUT2D eigenvalue weighted by Crippen LogP contribution is 2.32. The first-order chi connectivity index (χ1) is 12.8. The van der Waals surface area contributed by atoms with Crippen LogP contribution in [0.3, 0.4) is 0 Å². The predicted octanol–water partition coefficient (Wildman–Crippen LogP) is 3.25. The molecule has 0 spiro atoms. The van der Waals surface area contributed by atoms with Crippen molar-refractivity contribution in [1.29, 1.82) is 0 Å². The molecule has 0 radical (unpaired) electrons. The van der Waals surface area contributed by atoms with Gasteiger partial charge >= 0.3 is 0 Å². The number of fused-ring (bicyclic) bond motifs is 1. The van der Waals surface area contributed by atoms with Gasteiger partial charge in [0.25, 0.3) is 0 Å². The molecule has 0 amide bonds. The number of para-hydroxylation sites is 2. The zero-order valence-corrected chi connectivity index (χ0v) is 16.8. The Labute approximate surface area is 160 Å². The van der Waals surface area contributed by atoms with E-state index in [0.717, 1.165) is 5.56 Å². The number of hydrogen-bond acceptors (Lipinski definition) is 5. The zero-order valence-electron chi connectivity index (χ0n) is 16.0. The Kier molecular flexibility index (Phi) is 5.62. The Morgan fingerprint density at radius 1 is 1.22 bits per heavy atom. The normalized spacial score (nSPS) is 16.4. The molecule has 1 atom stereocenters. The summed E-state index contributed by atoms with van der Waals surface area (Å²) in [7, 11) is -2.10. The molecule has 146 valence electrons. The molecule has 0 bridgehead atoms. The van der Waals surface area contributed by atoms with Crippen molar-refractivity contribution in [3.63, 3.8) is 0 Å². The molecule has 1 N–H and O–H groups in total. The van der Waals surface area contributed by atoms with Crippen molar-refractivity contribution in [3.05, 3.63) is 47.5 Å². The molecule has 1 aliphatic rings. The van der Waals surface area contributed by atoms with Crippen LogP contribution < -0.4 is 18.9 Å². The second kappa shape index (κ2) is 7.78. The minimum atomic E-state index is -3.69. The van der Waals surface area contributed by atoms with Crippen LogP contribution in [0.5, 0.6) is 17.2 Å². The summed E-state index contributed by atoms with van der Waals surface area (Å²) >= 11 is 0. The quantitative estimate of drug-likeness (QED) is 0.818. The average Bonchev–Trinajstić information content (AvgIpc) is 2.65. The van der Waals surface area contributed by atoms with E-state index < -0.39 is 16.1 Å². The van der Waals surface area contributed by atoms with Crippen molar-refractivity contribution in [2.24, 2.45) is 0 Å². The summed E-state index contributed by atoms with van der Waals surface area (Å²) in [5.41, 5.74) is 1.49. The second-order valence-electron chi connectivity index (χ2n) is 6.86. The fourth-order valence-corrected chi connectivity index (χ4v) is 4.36. The van der Waals surface area contributed by atoms with Crippen LogP contribution in [-0.4, -0.2) is 34.8 Å². The highest BCUT2D eigenvalue weighted by molar-refractivity contribution is 7.89. The number of sulfonamides is 1. The van der Waals surface area contributed by atoms with Crippen molar-refractivity contribution in [2.75, 3.05) is 20.3 Å². The van der Waals surface area contributed by atoms with E-state index in [1.54, 1.807) is 32.2 Å². The number of benzene rings is 2. The fourth-order valence-electron chi connectivity index (χ4n) is 3.04. The van der Waals surface area contributed by atoms with Crippen molar-refractivity contribution in [3.8, 4) is 17.2 Å². The molecular formula is C20H25NO5S. The lowest BCUT2D eigenvalue weighted by Crippen LogP contribution is -2.40. The Morgan fingerprint density at radius 3 is 2.59 bits per heavy atom. The molecule has 0 aliphatic carbocycles. The predicted molar refractivity (Wildman–Crippen MR) is 103 cm³/mol. The summed E-state index contributed by atoms with van der Waals surface area (Å²) in [4.78, 5) is 0.254. The molecule has 1 unspecified atom stereocenters. The standard InChI is InChI=1S/C20H25NO5S/c1-13(2)16-10-20(14(3)9-19(16)24-4)27(22,23)21-11-15-12-25-17-7-5-6-8-18(17)26-15/h5-10,13,15,21H,11-12H2,1-4H3. The minimum absolute atomic E-state index is 0.124. The highest BCUT2D eigenvalue weighted by Gasteiger charge is 2.25. The molecule has 0 saturated heterocycles. The van der Waals surface area contributed by atoms with E-state index in [1.807, 2.05) is 32.0 Å². The maximum Gasteiger partial charge on any atom is 0.240 e. The van der Waals surface area contributed by atoms with E-state index in [2.05, 4.69) is 4.72 Å². The number of hydrogen-bond donors (Lipinski definition) is 1. The molecule has 7 heteroatoms. The van der Waals surface area contributed by atoms with Gasteiger partial charge in [0.1, 0.15) is 18.5 Å². The molecule has 2 aromatic rings. The van der Waals surface area contributed by atoms with Crippen LogP contribution >= 0.6 is 0 Å².